The third-order valence-corrected chi connectivity index (χ3v) is 2.84. The van der Waals surface area contributed by atoms with Crippen LogP contribution in [-0.2, 0) is 0 Å². The Hall–Kier alpha value is -1.40. The van der Waals surface area contributed by atoms with E-state index in [0.717, 1.165) is 10.7 Å². The normalized spacial score (nSPS) is 12.7. The highest BCUT2D eigenvalue weighted by Crippen LogP contribution is 2.26. The fourth-order valence-corrected chi connectivity index (χ4v) is 1.82. The maximum atomic E-state index is 5.95. The maximum absolute atomic E-state index is 5.95. The second kappa shape index (κ2) is 3.77. The summed E-state index contributed by atoms with van der Waals surface area (Å²) < 4.78 is 4.98. The Balaban J connectivity index is 2.23. The molecular formula is C8H10N4OS. The molecule has 0 aliphatic carbocycles. The molecular weight excluding hydrogens is 200 g/mol. The van der Waals surface area contributed by atoms with Gasteiger partial charge in [0.2, 0.25) is 0 Å². The molecule has 0 saturated carbocycles. The van der Waals surface area contributed by atoms with E-state index in [9.17, 15) is 0 Å². The second-order valence-electron chi connectivity index (χ2n) is 2.68. The molecule has 0 saturated heterocycles. The number of H-pyrrole nitrogens is 1. The average Bonchev–Trinajstić information content (AvgIpc) is 2.88. The summed E-state index contributed by atoms with van der Waals surface area (Å²) in [5, 5.41) is 0.613. The summed E-state index contributed by atoms with van der Waals surface area (Å²) in [4.78, 5) is 12.0. The Morgan fingerprint density at radius 2 is 2.43 bits per heavy atom. The third-order valence-electron chi connectivity index (χ3n) is 1.80. The number of imidazole rings is 1. The van der Waals surface area contributed by atoms with Gasteiger partial charge in [0.25, 0.3) is 5.19 Å². The van der Waals surface area contributed by atoms with Gasteiger partial charge in [0, 0.05) is 18.6 Å². The smallest absolute Gasteiger partial charge is 0.273 e. The van der Waals surface area contributed by atoms with Crippen molar-refractivity contribution in [2.45, 2.75) is 6.04 Å². The number of nitrogens with zero attached hydrogens (tertiary/aromatic N) is 2. The molecule has 0 aromatic carbocycles. The van der Waals surface area contributed by atoms with Crippen molar-refractivity contribution in [1.82, 2.24) is 15.0 Å². The minimum Gasteiger partial charge on any atom is -0.473 e. The lowest BCUT2D eigenvalue weighted by molar-refractivity contribution is 0.412. The van der Waals surface area contributed by atoms with E-state index < -0.39 is 0 Å². The van der Waals surface area contributed by atoms with Gasteiger partial charge in [-0.25, -0.2) is 9.97 Å². The van der Waals surface area contributed by atoms with Gasteiger partial charge in [-0.1, -0.05) is 11.3 Å². The van der Waals surface area contributed by atoms with Crippen molar-refractivity contribution in [3.05, 3.63) is 29.3 Å². The minimum absolute atomic E-state index is 0.258. The SMILES string of the molecule is COc1ncc(C(N)c2ncc[nH]2)s1. The maximum Gasteiger partial charge on any atom is 0.273 e. The summed E-state index contributed by atoms with van der Waals surface area (Å²) in [6.07, 6.45) is 5.12. The first-order chi connectivity index (χ1) is 6.81. The standard InChI is InChI=1S/C8H10N4OS/c1-13-8-12-4-5(14-8)6(9)7-10-2-3-11-7/h2-4,6H,9H2,1H3,(H,10,11). The monoisotopic (exact) mass is 210 g/mol. The average molecular weight is 210 g/mol. The fourth-order valence-electron chi connectivity index (χ4n) is 1.09. The van der Waals surface area contributed by atoms with Crippen molar-refractivity contribution < 1.29 is 4.74 Å². The number of thiazole rings is 1. The van der Waals surface area contributed by atoms with E-state index in [1.807, 2.05) is 0 Å². The Labute approximate surface area is 85.0 Å². The molecule has 0 amide bonds. The van der Waals surface area contributed by atoms with Crippen LogP contribution in [0.25, 0.3) is 0 Å². The van der Waals surface area contributed by atoms with Crippen LogP contribution in [0.5, 0.6) is 5.19 Å². The zero-order valence-corrected chi connectivity index (χ0v) is 8.41. The quantitative estimate of drug-likeness (QED) is 0.789. The lowest BCUT2D eigenvalue weighted by Crippen LogP contribution is -2.11. The van der Waals surface area contributed by atoms with Gasteiger partial charge in [-0.2, -0.15) is 0 Å². The predicted molar refractivity (Wildman–Crippen MR) is 53.3 cm³/mol. The molecule has 2 rings (SSSR count). The largest absolute Gasteiger partial charge is 0.473 e. The van der Waals surface area contributed by atoms with Crippen LogP contribution in [0.3, 0.4) is 0 Å². The van der Waals surface area contributed by atoms with Crippen molar-refractivity contribution in [2.75, 3.05) is 7.11 Å². The summed E-state index contributed by atoms with van der Waals surface area (Å²) in [6, 6.07) is -0.258. The van der Waals surface area contributed by atoms with Crippen LogP contribution in [0.15, 0.2) is 18.6 Å². The van der Waals surface area contributed by atoms with Crippen LogP contribution in [-0.4, -0.2) is 22.1 Å². The topological polar surface area (TPSA) is 76.8 Å². The van der Waals surface area contributed by atoms with Crippen molar-refractivity contribution in [1.29, 1.82) is 0 Å². The molecule has 14 heavy (non-hydrogen) atoms. The number of nitrogens with one attached hydrogen (secondary N) is 1. The molecule has 2 aromatic heterocycles. The van der Waals surface area contributed by atoms with Crippen LogP contribution >= 0.6 is 11.3 Å². The number of aromatic nitrogens is 3. The molecule has 2 heterocycles. The molecule has 0 radical (unpaired) electrons. The zero-order chi connectivity index (χ0) is 9.97. The first-order valence-electron chi connectivity index (χ1n) is 4.06. The third kappa shape index (κ3) is 1.61. The molecule has 0 spiro atoms. The fraction of sp³-hybridized carbons (Fsp3) is 0.250. The highest BCUT2D eigenvalue weighted by atomic mass is 32.1. The number of hydrogen-bond acceptors (Lipinski definition) is 5. The number of methoxy groups -OCH3 is 1. The number of hydrogen-bond donors (Lipinski definition) is 2. The highest BCUT2D eigenvalue weighted by Gasteiger charge is 2.14. The van der Waals surface area contributed by atoms with Gasteiger partial charge in [0.15, 0.2) is 0 Å². The molecule has 2 aromatic rings. The van der Waals surface area contributed by atoms with E-state index in [0.29, 0.717) is 5.19 Å². The molecule has 3 N–H and O–H groups in total. The summed E-state index contributed by atoms with van der Waals surface area (Å²) >= 11 is 1.42. The van der Waals surface area contributed by atoms with E-state index >= 15 is 0 Å². The molecule has 0 aliphatic heterocycles. The molecule has 5 nitrogen and oxygen atoms in total. The lowest BCUT2D eigenvalue weighted by atomic mass is 10.3. The Morgan fingerprint density at radius 1 is 1.57 bits per heavy atom. The van der Waals surface area contributed by atoms with E-state index in [1.54, 1.807) is 25.7 Å². The van der Waals surface area contributed by atoms with Crippen LogP contribution in [0.4, 0.5) is 0 Å². The van der Waals surface area contributed by atoms with E-state index in [4.69, 9.17) is 10.5 Å². The van der Waals surface area contributed by atoms with Crippen LogP contribution in [0.2, 0.25) is 0 Å². The van der Waals surface area contributed by atoms with Crippen LogP contribution in [0.1, 0.15) is 16.7 Å². The van der Waals surface area contributed by atoms with E-state index in [1.165, 1.54) is 11.3 Å². The molecule has 74 valence electrons. The van der Waals surface area contributed by atoms with E-state index in [2.05, 4.69) is 15.0 Å². The van der Waals surface area contributed by atoms with Gasteiger partial charge in [0.1, 0.15) is 5.82 Å². The molecule has 0 bridgehead atoms. The molecule has 1 unspecified atom stereocenters. The van der Waals surface area contributed by atoms with Crippen molar-refractivity contribution >= 4 is 11.3 Å². The van der Waals surface area contributed by atoms with Gasteiger partial charge in [0.05, 0.1) is 18.0 Å². The summed E-state index contributed by atoms with van der Waals surface area (Å²) in [5.74, 6) is 0.733. The van der Waals surface area contributed by atoms with Gasteiger partial charge in [-0.3, -0.25) is 0 Å². The lowest BCUT2D eigenvalue weighted by Gasteiger charge is -2.03. The van der Waals surface area contributed by atoms with Gasteiger partial charge in [-0.15, -0.1) is 0 Å². The van der Waals surface area contributed by atoms with Gasteiger partial charge >= 0.3 is 0 Å². The molecule has 1 atom stereocenters. The molecule has 6 heteroatoms. The van der Waals surface area contributed by atoms with Crippen molar-refractivity contribution in [2.24, 2.45) is 5.73 Å². The zero-order valence-electron chi connectivity index (χ0n) is 7.60. The predicted octanol–water partition coefficient (Wildman–Crippen LogP) is 0.923. The number of nitrogens with two attached hydrogens (primary N) is 1. The van der Waals surface area contributed by atoms with E-state index in [-0.39, 0.29) is 6.04 Å². The van der Waals surface area contributed by atoms with Crippen molar-refractivity contribution in [3.8, 4) is 5.19 Å². The number of rotatable bonds is 3. The second-order valence-corrected chi connectivity index (χ2v) is 3.71. The van der Waals surface area contributed by atoms with Gasteiger partial charge < -0.3 is 15.5 Å². The number of aromatic amines is 1. The Kier molecular flexibility index (Phi) is 2.47. The first-order valence-corrected chi connectivity index (χ1v) is 4.87. The molecule has 0 fully saturated rings. The summed E-state index contributed by atoms with van der Waals surface area (Å²) in [7, 11) is 1.58. The van der Waals surface area contributed by atoms with Crippen LogP contribution < -0.4 is 10.5 Å². The number of ether oxygens (including phenoxy) is 1. The Bertz CT molecular complexity index is 397. The molecule has 0 aliphatic rings. The Morgan fingerprint density at radius 3 is 3.00 bits per heavy atom. The van der Waals surface area contributed by atoms with Crippen molar-refractivity contribution in [3.63, 3.8) is 0 Å². The van der Waals surface area contributed by atoms with Crippen LogP contribution in [0, 0.1) is 0 Å². The summed E-state index contributed by atoms with van der Waals surface area (Å²) in [5.41, 5.74) is 5.95. The highest BCUT2D eigenvalue weighted by molar-refractivity contribution is 7.13. The first kappa shape index (κ1) is 9.17. The minimum atomic E-state index is -0.258. The summed E-state index contributed by atoms with van der Waals surface area (Å²) in [6.45, 7) is 0. The van der Waals surface area contributed by atoms with Gasteiger partial charge in [-0.05, 0) is 0 Å².